The molecule has 0 saturated carbocycles. The summed E-state index contributed by atoms with van der Waals surface area (Å²) in [6, 6.07) is 0. The summed E-state index contributed by atoms with van der Waals surface area (Å²) in [4.78, 5) is 16.7. The Balaban J connectivity index is 1.45. The van der Waals surface area contributed by atoms with Gasteiger partial charge in [-0.3, -0.25) is 14.4 Å². The van der Waals surface area contributed by atoms with Gasteiger partial charge in [-0.05, 0) is 19.3 Å². The number of amides is 1. The van der Waals surface area contributed by atoms with Crippen LogP contribution in [0.5, 0.6) is 0 Å². The Morgan fingerprint density at radius 2 is 2.05 bits per heavy atom. The summed E-state index contributed by atoms with van der Waals surface area (Å²) in [5.41, 5.74) is 1.23. The second-order valence-corrected chi connectivity index (χ2v) is 5.80. The van der Waals surface area contributed by atoms with Crippen LogP contribution in [-0.4, -0.2) is 51.7 Å². The highest BCUT2D eigenvalue weighted by molar-refractivity contribution is 5.80. The van der Waals surface area contributed by atoms with Crippen LogP contribution in [-0.2, 0) is 18.4 Å². The van der Waals surface area contributed by atoms with E-state index in [4.69, 9.17) is 0 Å². The molecule has 19 heavy (non-hydrogen) atoms. The quantitative estimate of drug-likeness (QED) is 0.811. The van der Waals surface area contributed by atoms with Crippen LogP contribution in [0.1, 0.15) is 24.8 Å². The zero-order valence-corrected chi connectivity index (χ0v) is 11.6. The van der Waals surface area contributed by atoms with Gasteiger partial charge in [0, 0.05) is 51.5 Å². The molecule has 5 heteroatoms. The molecule has 2 saturated heterocycles. The Hall–Kier alpha value is -1.36. The highest BCUT2D eigenvalue weighted by atomic mass is 16.2. The number of hydrogen-bond acceptors (Lipinski definition) is 3. The normalized spacial score (nSPS) is 21.4. The summed E-state index contributed by atoms with van der Waals surface area (Å²) in [6.45, 7) is 4.67. The van der Waals surface area contributed by atoms with Crippen LogP contribution in [0.2, 0.25) is 0 Å². The molecule has 3 rings (SSSR count). The Morgan fingerprint density at radius 1 is 1.32 bits per heavy atom. The molecule has 0 bridgehead atoms. The van der Waals surface area contributed by atoms with Crippen molar-refractivity contribution in [3.63, 3.8) is 0 Å². The SMILES string of the molecule is Cn1cc(CN2CC(C(=O)N3CCCCC3)C2)cn1. The van der Waals surface area contributed by atoms with Gasteiger partial charge < -0.3 is 4.90 Å². The van der Waals surface area contributed by atoms with Crippen LogP contribution in [0.15, 0.2) is 12.4 Å². The van der Waals surface area contributed by atoms with Crippen molar-refractivity contribution in [2.24, 2.45) is 13.0 Å². The van der Waals surface area contributed by atoms with Crippen LogP contribution < -0.4 is 0 Å². The largest absolute Gasteiger partial charge is 0.342 e. The lowest BCUT2D eigenvalue weighted by Crippen LogP contribution is -2.54. The molecular weight excluding hydrogens is 240 g/mol. The number of carbonyl (C=O) groups excluding carboxylic acids is 1. The van der Waals surface area contributed by atoms with E-state index in [2.05, 4.69) is 14.9 Å². The first-order chi connectivity index (χ1) is 9.22. The first-order valence-corrected chi connectivity index (χ1v) is 7.21. The smallest absolute Gasteiger partial charge is 0.228 e. The molecule has 3 heterocycles. The summed E-state index contributed by atoms with van der Waals surface area (Å²) < 4.78 is 1.82. The Bertz CT molecular complexity index is 444. The molecule has 0 N–H and O–H groups in total. The molecule has 0 radical (unpaired) electrons. The monoisotopic (exact) mass is 262 g/mol. The summed E-state index contributed by atoms with van der Waals surface area (Å²) in [6.07, 6.45) is 7.58. The van der Waals surface area contributed by atoms with Crippen molar-refractivity contribution in [2.75, 3.05) is 26.2 Å². The lowest BCUT2D eigenvalue weighted by atomic mass is 9.96. The average Bonchev–Trinajstić information content (AvgIpc) is 2.79. The number of nitrogens with zero attached hydrogens (tertiary/aromatic N) is 4. The first-order valence-electron chi connectivity index (χ1n) is 7.21. The van der Waals surface area contributed by atoms with E-state index in [0.29, 0.717) is 5.91 Å². The van der Waals surface area contributed by atoms with E-state index in [1.165, 1.54) is 24.8 Å². The summed E-state index contributed by atoms with van der Waals surface area (Å²) in [7, 11) is 1.93. The van der Waals surface area contributed by atoms with E-state index in [0.717, 1.165) is 32.7 Å². The van der Waals surface area contributed by atoms with Crippen molar-refractivity contribution in [2.45, 2.75) is 25.8 Å². The van der Waals surface area contributed by atoms with Gasteiger partial charge in [0.1, 0.15) is 0 Å². The lowest BCUT2D eigenvalue weighted by Gasteiger charge is -2.41. The summed E-state index contributed by atoms with van der Waals surface area (Å²) >= 11 is 0. The van der Waals surface area contributed by atoms with Gasteiger partial charge in [0.25, 0.3) is 0 Å². The number of likely N-dealkylation sites (tertiary alicyclic amines) is 2. The standard InChI is InChI=1S/C14H22N4O/c1-16-8-12(7-15-16)9-17-10-13(11-17)14(19)18-5-3-2-4-6-18/h7-8,13H,2-6,9-11H2,1H3. The molecule has 1 aromatic heterocycles. The molecule has 5 nitrogen and oxygen atoms in total. The fourth-order valence-corrected chi connectivity index (χ4v) is 3.04. The van der Waals surface area contributed by atoms with Crippen LogP contribution in [0.4, 0.5) is 0 Å². The molecule has 0 aliphatic carbocycles. The van der Waals surface area contributed by atoms with E-state index >= 15 is 0 Å². The van der Waals surface area contributed by atoms with Crippen molar-refractivity contribution in [1.82, 2.24) is 19.6 Å². The summed E-state index contributed by atoms with van der Waals surface area (Å²) in [5.74, 6) is 0.608. The van der Waals surface area contributed by atoms with Crippen LogP contribution in [0.25, 0.3) is 0 Å². The van der Waals surface area contributed by atoms with E-state index in [9.17, 15) is 4.79 Å². The predicted octanol–water partition coefficient (Wildman–Crippen LogP) is 0.864. The van der Waals surface area contributed by atoms with Gasteiger partial charge in [-0.1, -0.05) is 0 Å². The minimum Gasteiger partial charge on any atom is -0.342 e. The van der Waals surface area contributed by atoms with Crippen molar-refractivity contribution in [3.05, 3.63) is 18.0 Å². The number of piperidine rings is 1. The first kappa shape index (κ1) is 12.7. The predicted molar refractivity (Wildman–Crippen MR) is 72.4 cm³/mol. The van der Waals surface area contributed by atoms with Gasteiger partial charge in [0.05, 0.1) is 12.1 Å². The molecule has 1 amide bonds. The molecule has 0 atom stereocenters. The lowest BCUT2D eigenvalue weighted by molar-refractivity contribution is -0.142. The molecule has 1 aromatic rings. The molecule has 0 unspecified atom stereocenters. The molecule has 2 fully saturated rings. The minimum atomic E-state index is 0.231. The van der Waals surface area contributed by atoms with Crippen molar-refractivity contribution in [3.8, 4) is 0 Å². The zero-order valence-electron chi connectivity index (χ0n) is 11.6. The number of rotatable bonds is 3. The van der Waals surface area contributed by atoms with E-state index in [-0.39, 0.29) is 5.92 Å². The third kappa shape index (κ3) is 2.81. The molecule has 0 aromatic carbocycles. The topological polar surface area (TPSA) is 41.4 Å². The van der Waals surface area contributed by atoms with Gasteiger partial charge in [-0.2, -0.15) is 5.10 Å². The highest BCUT2D eigenvalue weighted by Crippen LogP contribution is 2.22. The summed E-state index contributed by atoms with van der Waals surface area (Å²) in [5, 5.41) is 4.17. The van der Waals surface area contributed by atoms with Gasteiger partial charge in [0.15, 0.2) is 0 Å². The number of aryl methyl sites for hydroxylation is 1. The molecule has 0 spiro atoms. The number of carbonyl (C=O) groups is 1. The Labute approximate surface area is 114 Å². The van der Waals surface area contributed by atoms with E-state index < -0.39 is 0 Å². The fourth-order valence-electron chi connectivity index (χ4n) is 3.04. The van der Waals surface area contributed by atoms with Gasteiger partial charge in [-0.25, -0.2) is 0 Å². The molecule has 104 valence electrons. The van der Waals surface area contributed by atoms with E-state index in [1.807, 2.05) is 24.1 Å². The maximum absolute atomic E-state index is 12.3. The van der Waals surface area contributed by atoms with Crippen LogP contribution in [0.3, 0.4) is 0 Å². The molecular formula is C14H22N4O. The molecule has 2 aliphatic rings. The second-order valence-electron chi connectivity index (χ2n) is 5.80. The maximum Gasteiger partial charge on any atom is 0.228 e. The van der Waals surface area contributed by atoms with E-state index in [1.54, 1.807) is 0 Å². The fraction of sp³-hybridized carbons (Fsp3) is 0.714. The minimum absolute atomic E-state index is 0.231. The zero-order chi connectivity index (χ0) is 13.2. The second kappa shape index (κ2) is 5.33. The Morgan fingerprint density at radius 3 is 2.68 bits per heavy atom. The number of hydrogen-bond donors (Lipinski definition) is 0. The maximum atomic E-state index is 12.3. The van der Waals surface area contributed by atoms with Crippen molar-refractivity contribution < 1.29 is 4.79 Å². The van der Waals surface area contributed by atoms with Crippen molar-refractivity contribution in [1.29, 1.82) is 0 Å². The Kier molecular flexibility index (Phi) is 3.55. The van der Waals surface area contributed by atoms with Gasteiger partial charge in [-0.15, -0.1) is 0 Å². The molecule has 2 aliphatic heterocycles. The van der Waals surface area contributed by atoms with Gasteiger partial charge >= 0.3 is 0 Å². The number of aromatic nitrogens is 2. The average molecular weight is 262 g/mol. The third-order valence-electron chi connectivity index (χ3n) is 4.14. The third-order valence-corrected chi connectivity index (χ3v) is 4.14. The van der Waals surface area contributed by atoms with Crippen LogP contribution >= 0.6 is 0 Å². The van der Waals surface area contributed by atoms with Crippen molar-refractivity contribution >= 4 is 5.91 Å². The highest BCUT2D eigenvalue weighted by Gasteiger charge is 2.35. The van der Waals surface area contributed by atoms with Crippen LogP contribution in [0, 0.1) is 5.92 Å². The van der Waals surface area contributed by atoms with Gasteiger partial charge in [0.2, 0.25) is 5.91 Å².